The summed E-state index contributed by atoms with van der Waals surface area (Å²) in [7, 11) is 1.84. The molecule has 102 valence electrons. The fraction of sp³-hybridized carbons (Fsp3) is 0.615. The van der Waals surface area contributed by atoms with Gasteiger partial charge in [-0.2, -0.15) is 0 Å². The van der Waals surface area contributed by atoms with E-state index < -0.39 is 11.9 Å². The van der Waals surface area contributed by atoms with Crippen molar-refractivity contribution in [3.8, 4) is 0 Å². The van der Waals surface area contributed by atoms with E-state index in [0.717, 1.165) is 18.5 Å². The van der Waals surface area contributed by atoms with Gasteiger partial charge < -0.3 is 14.6 Å². The van der Waals surface area contributed by atoms with E-state index in [2.05, 4.69) is 4.98 Å². The van der Waals surface area contributed by atoms with Crippen LogP contribution in [0.25, 0.3) is 0 Å². The Balaban J connectivity index is 2.02. The molecule has 1 N–H and O–H groups in total. The monoisotopic (exact) mass is 263 g/mol. The summed E-state index contributed by atoms with van der Waals surface area (Å²) < 4.78 is 1.81. The summed E-state index contributed by atoms with van der Waals surface area (Å²) in [6.07, 6.45) is 6.03. The first-order valence-electron chi connectivity index (χ1n) is 6.59. The summed E-state index contributed by atoms with van der Waals surface area (Å²) >= 11 is 0. The fourth-order valence-corrected chi connectivity index (χ4v) is 2.96. The van der Waals surface area contributed by atoms with Crippen molar-refractivity contribution in [3.63, 3.8) is 0 Å². The number of aryl methyl sites for hydroxylation is 1. The second-order valence-corrected chi connectivity index (χ2v) is 5.39. The van der Waals surface area contributed by atoms with E-state index >= 15 is 0 Å². The van der Waals surface area contributed by atoms with Gasteiger partial charge >= 0.3 is 5.97 Å². The first kappa shape index (κ1) is 12.2. The van der Waals surface area contributed by atoms with Crippen LogP contribution in [0.2, 0.25) is 0 Å². The molecule has 1 aliphatic carbocycles. The number of aliphatic carboxylic acids is 1. The standard InChI is InChI=1S/C13H17N3O3/c1-15-7-14-6-10(15)12-9(13(18)19)4-5-11(17)16(12)8-2-3-8/h6-9,12H,2-5H2,1H3,(H,18,19)/t9-,12+/m0/s1. The van der Waals surface area contributed by atoms with E-state index in [1.54, 1.807) is 17.4 Å². The van der Waals surface area contributed by atoms with Crippen LogP contribution in [0.3, 0.4) is 0 Å². The SMILES string of the molecule is Cn1cncc1[C@H]1[C@@H](C(=O)O)CCC(=O)N1C1CC1. The molecule has 2 atom stereocenters. The van der Waals surface area contributed by atoms with E-state index in [1.807, 2.05) is 11.6 Å². The lowest BCUT2D eigenvalue weighted by molar-refractivity contribution is -0.152. The van der Waals surface area contributed by atoms with Crippen molar-refractivity contribution in [2.45, 2.75) is 37.8 Å². The van der Waals surface area contributed by atoms with Gasteiger partial charge in [0.15, 0.2) is 0 Å². The lowest BCUT2D eigenvalue weighted by atomic mass is 9.86. The van der Waals surface area contributed by atoms with Crippen LogP contribution in [0.1, 0.15) is 37.4 Å². The second-order valence-electron chi connectivity index (χ2n) is 5.39. The molecule has 0 unspecified atom stereocenters. The van der Waals surface area contributed by atoms with Crippen molar-refractivity contribution in [2.75, 3.05) is 0 Å². The van der Waals surface area contributed by atoms with E-state index in [0.29, 0.717) is 12.8 Å². The number of aromatic nitrogens is 2. The molecule has 6 nitrogen and oxygen atoms in total. The largest absolute Gasteiger partial charge is 0.481 e. The van der Waals surface area contributed by atoms with Gasteiger partial charge in [-0.1, -0.05) is 0 Å². The third-order valence-corrected chi connectivity index (χ3v) is 4.05. The molecule has 0 bridgehead atoms. The van der Waals surface area contributed by atoms with Crippen LogP contribution in [-0.4, -0.2) is 37.5 Å². The lowest BCUT2D eigenvalue weighted by Crippen LogP contribution is -2.47. The summed E-state index contributed by atoms with van der Waals surface area (Å²) in [6, 6.07) is -0.159. The van der Waals surface area contributed by atoms with Gasteiger partial charge in [0.05, 0.1) is 30.2 Å². The molecule has 2 aliphatic rings. The molecule has 2 fully saturated rings. The van der Waals surface area contributed by atoms with Crippen LogP contribution >= 0.6 is 0 Å². The number of likely N-dealkylation sites (tertiary alicyclic amines) is 1. The molecule has 19 heavy (non-hydrogen) atoms. The van der Waals surface area contributed by atoms with E-state index in [1.165, 1.54) is 0 Å². The first-order chi connectivity index (χ1) is 9.09. The van der Waals surface area contributed by atoms with Gasteiger partial charge in [-0.25, -0.2) is 4.98 Å². The maximum atomic E-state index is 12.2. The molecule has 1 aromatic rings. The number of nitrogens with zero attached hydrogens (tertiary/aromatic N) is 3. The molecule has 2 heterocycles. The van der Waals surface area contributed by atoms with E-state index in [9.17, 15) is 14.7 Å². The van der Waals surface area contributed by atoms with Gasteiger partial charge in [-0.3, -0.25) is 9.59 Å². The van der Waals surface area contributed by atoms with Crippen LogP contribution in [-0.2, 0) is 16.6 Å². The quantitative estimate of drug-likeness (QED) is 0.880. The smallest absolute Gasteiger partial charge is 0.309 e. The number of imidazole rings is 1. The number of carboxylic acid groups (broad SMARTS) is 1. The normalized spacial score (nSPS) is 27.6. The zero-order valence-corrected chi connectivity index (χ0v) is 10.8. The number of hydrogen-bond donors (Lipinski definition) is 1. The molecule has 1 amide bonds. The van der Waals surface area contributed by atoms with Crippen LogP contribution in [0, 0.1) is 5.92 Å². The number of carboxylic acids is 1. The Morgan fingerprint density at radius 3 is 2.68 bits per heavy atom. The topological polar surface area (TPSA) is 75.4 Å². The Morgan fingerprint density at radius 1 is 1.42 bits per heavy atom. The van der Waals surface area contributed by atoms with Crippen LogP contribution in [0.5, 0.6) is 0 Å². The molecule has 0 spiro atoms. The van der Waals surface area contributed by atoms with Crippen molar-refractivity contribution in [1.82, 2.24) is 14.5 Å². The third-order valence-electron chi connectivity index (χ3n) is 4.05. The molecule has 1 aromatic heterocycles. The molecule has 1 aliphatic heterocycles. The van der Waals surface area contributed by atoms with Crippen molar-refractivity contribution in [3.05, 3.63) is 18.2 Å². The number of carbonyl (C=O) groups excluding carboxylic acids is 1. The maximum Gasteiger partial charge on any atom is 0.309 e. The number of amides is 1. The predicted octanol–water partition coefficient (Wildman–Crippen LogP) is 0.947. The molecular weight excluding hydrogens is 246 g/mol. The fourth-order valence-electron chi connectivity index (χ4n) is 2.96. The highest BCUT2D eigenvalue weighted by atomic mass is 16.4. The Kier molecular flexibility index (Phi) is 2.80. The highest BCUT2D eigenvalue weighted by Gasteiger charge is 2.47. The summed E-state index contributed by atoms with van der Waals surface area (Å²) in [4.78, 5) is 29.5. The average molecular weight is 263 g/mol. The summed E-state index contributed by atoms with van der Waals surface area (Å²) in [6.45, 7) is 0. The Hall–Kier alpha value is -1.85. The van der Waals surface area contributed by atoms with Crippen LogP contribution in [0.15, 0.2) is 12.5 Å². The first-order valence-corrected chi connectivity index (χ1v) is 6.59. The number of piperidine rings is 1. The molecule has 1 saturated carbocycles. The van der Waals surface area contributed by atoms with Gasteiger partial charge in [-0.15, -0.1) is 0 Å². The van der Waals surface area contributed by atoms with Crippen LogP contribution in [0.4, 0.5) is 0 Å². The number of hydrogen-bond acceptors (Lipinski definition) is 3. The van der Waals surface area contributed by atoms with Crippen molar-refractivity contribution in [1.29, 1.82) is 0 Å². The number of rotatable bonds is 3. The lowest BCUT2D eigenvalue weighted by Gasteiger charge is -2.39. The van der Waals surface area contributed by atoms with Crippen LogP contribution < -0.4 is 0 Å². The highest BCUT2D eigenvalue weighted by Crippen LogP contribution is 2.43. The minimum absolute atomic E-state index is 0.0752. The summed E-state index contributed by atoms with van der Waals surface area (Å²) in [5, 5.41) is 9.44. The summed E-state index contributed by atoms with van der Waals surface area (Å²) in [5.41, 5.74) is 0.812. The predicted molar refractivity (Wildman–Crippen MR) is 66.2 cm³/mol. The van der Waals surface area contributed by atoms with Gasteiger partial charge in [0.2, 0.25) is 5.91 Å². The third kappa shape index (κ3) is 2.01. The van der Waals surface area contributed by atoms with E-state index in [4.69, 9.17) is 0 Å². The molecule has 1 saturated heterocycles. The van der Waals surface area contributed by atoms with Gasteiger partial charge in [0.1, 0.15) is 0 Å². The molecule has 0 aromatic carbocycles. The van der Waals surface area contributed by atoms with Crippen molar-refractivity contribution < 1.29 is 14.7 Å². The molecule has 3 rings (SSSR count). The van der Waals surface area contributed by atoms with Gasteiger partial charge in [0, 0.05) is 19.5 Å². The highest BCUT2D eigenvalue weighted by molar-refractivity contribution is 5.82. The summed E-state index contributed by atoms with van der Waals surface area (Å²) in [5.74, 6) is -1.29. The average Bonchev–Trinajstić information content (AvgIpc) is 3.10. The Labute approximate surface area is 111 Å². The Bertz CT molecular complexity index is 521. The van der Waals surface area contributed by atoms with Gasteiger partial charge in [-0.05, 0) is 19.3 Å². The van der Waals surface area contributed by atoms with E-state index in [-0.39, 0.29) is 18.0 Å². The minimum atomic E-state index is -0.829. The zero-order valence-electron chi connectivity index (χ0n) is 10.8. The second kappa shape index (κ2) is 4.36. The molecular formula is C13H17N3O3. The maximum absolute atomic E-state index is 12.2. The zero-order chi connectivity index (χ0) is 13.6. The molecule has 6 heteroatoms. The molecule has 0 radical (unpaired) electrons. The Morgan fingerprint density at radius 2 is 2.16 bits per heavy atom. The van der Waals surface area contributed by atoms with Crippen molar-refractivity contribution in [2.24, 2.45) is 13.0 Å². The van der Waals surface area contributed by atoms with Crippen molar-refractivity contribution >= 4 is 11.9 Å². The number of carbonyl (C=O) groups is 2. The van der Waals surface area contributed by atoms with Gasteiger partial charge in [0.25, 0.3) is 0 Å². The minimum Gasteiger partial charge on any atom is -0.481 e.